The predicted octanol–water partition coefficient (Wildman–Crippen LogP) is 3.13. The van der Waals surface area contributed by atoms with Crippen molar-refractivity contribution in [2.75, 3.05) is 24.5 Å². The number of halogens is 1. The number of hydrogen-bond acceptors (Lipinski definition) is 4. The number of nitrogens with one attached hydrogen (secondary N) is 2. The molecule has 1 fully saturated rings. The second-order valence-corrected chi connectivity index (χ2v) is 6.46. The van der Waals surface area contributed by atoms with Gasteiger partial charge in [0.15, 0.2) is 5.96 Å². The SMILES string of the molecule is CCNC(=NCc1ccc(O)cc1)NC1CCN(c2ccccn2)CC1.I. The van der Waals surface area contributed by atoms with Crippen molar-refractivity contribution in [2.24, 2.45) is 4.99 Å². The number of aliphatic imine (C=N–C) groups is 1. The molecule has 1 aromatic carbocycles. The van der Waals surface area contributed by atoms with Crippen molar-refractivity contribution < 1.29 is 5.11 Å². The molecule has 6 nitrogen and oxygen atoms in total. The van der Waals surface area contributed by atoms with Crippen LogP contribution in [0.15, 0.2) is 53.7 Å². The van der Waals surface area contributed by atoms with E-state index in [9.17, 15) is 5.11 Å². The van der Waals surface area contributed by atoms with Crippen molar-refractivity contribution >= 4 is 35.8 Å². The van der Waals surface area contributed by atoms with Crippen LogP contribution in [0.5, 0.6) is 5.75 Å². The standard InChI is InChI=1S/C20H27N5O.HI/c1-2-21-20(23-15-16-6-8-18(26)9-7-16)24-17-10-13-25(14-11-17)19-5-3-4-12-22-19;/h3-9,12,17,26H,2,10-11,13-15H2,1H3,(H2,21,23,24);1H. The summed E-state index contributed by atoms with van der Waals surface area (Å²) < 4.78 is 0. The zero-order chi connectivity index (χ0) is 18.2. The Bertz CT molecular complexity index is 700. The summed E-state index contributed by atoms with van der Waals surface area (Å²) in [6.07, 6.45) is 3.96. The van der Waals surface area contributed by atoms with Crippen molar-refractivity contribution in [3.05, 3.63) is 54.2 Å². The molecule has 2 heterocycles. The fourth-order valence-electron chi connectivity index (χ4n) is 3.08. The highest BCUT2D eigenvalue weighted by Gasteiger charge is 2.20. The third kappa shape index (κ3) is 6.57. The molecule has 0 bridgehead atoms. The van der Waals surface area contributed by atoms with E-state index >= 15 is 0 Å². The van der Waals surface area contributed by atoms with E-state index in [0.717, 1.165) is 49.8 Å². The molecule has 27 heavy (non-hydrogen) atoms. The fourth-order valence-corrected chi connectivity index (χ4v) is 3.08. The summed E-state index contributed by atoms with van der Waals surface area (Å²) in [6, 6.07) is 13.6. The van der Waals surface area contributed by atoms with Gasteiger partial charge in [-0.2, -0.15) is 0 Å². The van der Waals surface area contributed by atoms with Gasteiger partial charge in [-0.1, -0.05) is 18.2 Å². The van der Waals surface area contributed by atoms with Crippen molar-refractivity contribution in [3.63, 3.8) is 0 Å². The molecule has 7 heteroatoms. The number of phenols is 1. The van der Waals surface area contributed by atoms with Crippen LogP contribution in [0.2, 0.25) is 0 Å². The maximum absolute atomic E-state index is 9.37. The fraction of sp³-hybridized carbons (Fsp3) is 0.400. The Morgan fingerprint density at radius 3 is 2.56 bits per heavy atom. The first-order chi connectivity index (χ1) is 12.7. The normalized spacial score (nSPS) is 15.1. The van der Waals surface area contributed by atoms with Gasteiger partial charge in [-0.3, -0.25) is 0 Å². The van der Waals surface area contributed by atoms with Gasteiger partial charge in [-0.25, -0.2) is 9.98 Å². The molecular weight excluding hydrogens is 453 g/mol. The first kappa shape index (κ1) is 21.3. The van der Waals surface area contributed by atoms with Crippen LogP contribution >= 0.6 is 24.0 Å². The van der Waals surface area contributed by atoms with Gasteiger partial charge in [0.05, 0.1) is 6.54 Å². The number of aromatic hydroxyl groups is 1. The van der Waals surface area contributed by atoms with Crippen molar-refractivity contribution in [2.45, 2.75) is 32.4 Å². The molecule has 0 unspecified atom stereocenters. The van der Waals surface area contributed by atoms with Crippen LogP contribution < -0.4 is 15.5 Å². The van der Waals surface area contributed by atoms with E-state index in [0.29, 0.717) is 12.6 Å². The maximum atomic E-state index is 9.37. The van der Waals surface area contributed by atoms with Crippen LogP contribution in [-0.2, 0) is 6.54 Å². The third-order valence-corrected chi connectivity index (χ3v) is 4.51. The molecule has 0 atom stereocenters. The number of guanidine groups is 1. The molecule has 146 valence electrons. The highest BCUT2D eigenvalue weighted by molar-refractivity contribution is 14.0. The largest absolute Gasteiger partial charge is 0.508 e. The number of hydrogen-bond donors (Lipinski definition) is 3. The summed E-state index contributed by atoms with van der Waals surface area (Å²) in [6.45, 7) is 5.47. The lowest BCUT2D eigenvalue weighted by atomic mass is 10.1. The summed E-state index contributed by atoms with van der Waals surface area (Å²) in [7, 11) is 0. The van der Waals surface area contributed by atoms with Crippen LogP contribution in [0.3, 0.4) is 0 Å². The minimum Gasteiger partial charge on any atom is -0.508 e. The monoisotopic (exact) mass is 481 g/mol. The Hall–Kier alpha value is -2.03. The van der Waals surface area contributed by atoms with Crippen LogP contribution in [0.1, 0.15) is 25.3 Å². The van der Waals surface area contributed by atoms with Gasteiger partial charge in [0.2, 0.25) is 0 Å². The minimum absolute atomic E-state index is 0. The summed E-state index contributed by atoms with van der Waals surface area (Å²) in [4.78, 5) is 11.4. The third-order valence-electron chi connectivity index (χ3n) is 4.51. The van der Waals surface area contributed by atoms with Gasteiger partial charge in [0.25, 0.3) is 0 Å². The second-order valence-electron chi connectivity index (χ2n) is 6.46. The zero-order valence-electron chi connectivity index (χ0n) is 15.6. The Balaban J connectivity index is 0.00000261. The molecule has 2 aromatic rings. The van der Waals surface area contributed by atoms with Gasteiger partial charge >= 0.3 is 0 Å². The van der Waals surface area contributed by atoms with E-state index < -0.39 is 0 Å². The molecule has 1 aromatic heterocycles. The molecule has 0 radical (unpaired) electrons. The first-order valence-electron chi connectivity index (χ1n) is 9.23. The molecule has 1 aliphatic rings. The summed E-state index contributed by atoms with van der Waals surface area (Å²) >= 11 is 0. The predicted molar refractivity (Wildman–Crippen MR) is 121 cm³/mol. The Kier molecular flexibility index (Phi) is 8.63. The molecule has 1 aliphatic heterocycles. The summed E-state index contributed by atoms with van der Waals surface area (Å²) in [5, 5.41) is 16.2. The number of nitrogens with zero attached hydrogens (tertiary/aromatic N) is 3. The molecule has 3 rings (SSSR count). The zero-order valence-corrected chi connectivity index (χ0v) is 18.0. The number of pyridine rings is 1. The highest BCUT2D eigenvalue weighted by Crippen LogP contribution is 2.17. The summed E-state index contributed by atoms with van der Waals surface area (Å²) in [5.74, 6) is 2.18. The molecule has 0 aliphatic carbocycles. The molecule has 1 saturated heterocycles. The van der Waals surface area contributed by atoms with Crippen molar-refractivity contribution in [3.8, 4) is 5.75 Å². The molecule has 3 N–H and O–H groups in total. The smallest absolute Gasteiger partial charge is 0.191 e. The van der Waals surface area contributed by atoms with Crippen LogP contribution in [0.25, 0.3) is 0 Å². The number of rotatable bonds is 5. The second kappa shape index (κ2) is 11.0. The maximum Gasteiger partial charge on any atom is 0.191 e. The number of phenolic OH excluding ortho intramolecular Hbond substituents is 1. The Morgan fingerprint density at radius 2 is 1.93 bits per heavy atom. The van der Waals surface area contributed by atoms with E-state index in [1.54, 1.807) is 12.1 Å². The molecular formula is C20H28IN5O. The average molecular weight is 481 g/mol. The Morgan fingerprint density at radius 1 is 1.19 bits per heavy atom. The lowest BCUT2D eigenvalue weighted by Gasteiger charge is -2.33. The lowest BCUT2D eigenvalue weighted by Crippen LogP contribution is -2.48. The van der Waals surface area contributed by atoms with Crippen molar-refractivity contribution in [1.29, 1.82) is 0 Å². The van der Waals surface area contributed by atoms with E-state index in [1.807, 2.05) is 30.5 Å². The molecule has 0 spiro atoms. The van der Waals surface area contributed by atoms with Gasteiger partial charge in [-0.15, -0.1) is 24.0 Å². The van der Waals surface area contributed by atoms with E-state index in [4.69, 9.17) is 0 Å². The topological polar surface area (TPSA) is 72.8 Å². The molecule has 0 amide bonds. The van der Waals surface area contributed by atoms with Gasteiger partial charge in [0, 0.05) is 31.9 Å². The van der Waals surface area contributed by atoms with Gasteiger partial charge in [0.1, 0.15) is 11.6 Å². The lowest BCUT2D eigenvalue weighted by molar-refractivity contribution is 0.459. The van der Waals surface area contributed by atoms with Gasteiger partial charge in [-0.05, 0) is 49.6 Å². The number of benzene rings is 1. The molecule has 0 saturated carbocycles. The van der Waals surface area contributed by atoms with Crippen molar-refractivity contribution in [1.82, 2.24) is 15.6 Å². The van der Waals surface area contributed by atoms with Crippen LogP contribution in [0.4, 0.5) is 5.82 Å². The first-order valence-corrected chi connectivity index (χ1v) is 9.23. The summed E-state index contributed by atoms with van der Waals surface area (Å²) in [5.41, 5.74) is 1.07. The minimum atomic E-state index is 0. The number of piperidine rings is 1. The highest BCUT2D eigenvalue weighted by atomic mass is 127. The van der Waals surface area contributed by atoms with E-state index in [-0.39, 0.29) is 29.7 Å². The van der Waals surface area contributed by atoms with E-state index in [2.05, 4.69) is 38.5 Å². The van der Waals surface area contributed by atoms with Crippen LogP contribution in [-0.4, -0.2) is 41.7 Å². The van der Waals surface area contributed by atoms with Crippen LogP contribution in [0, 0.1) is 0 Å². The average Bonchev–Trinajstić information content (AvgIpc) is 2.69. The van der Waals surface area contributed by atoms with E-state index in [1.165, 1.54) is 0 Å². The Labute approximate surface area is 178 Å². The number of aromatic nitrogens is 1. The van der Waals surface area contributed by atoms with Gasteiger partial charge < -0.3 is 20.6 Å². The number of anilines is 1. The quantitative estimate of drug-likeness (QED) is 0.348.